The summed E-state index contributed by atoms with van der Waals surface area (Å²) in [5.41, 5.74) is 0. The van der Waals surface area contributed by atoms with Crippen LogP contribution in [0.1, 0.15) is 110 Å². The van der Waals surface area contributed by atoms with Crippen LogP contribution < -0.4 is 0 Å². The van der Waals surface area contributed by atoms with Crippen LogP contribution in [0.25, 0.3) is 0 Å². The largest absolute Gasteiger partial charge is 0.286 e. The smallest absolute Gasteiger partial charge is 0.265 e. The second kappa shape index (κ2) is 17.5. The molecular weight excluding hydrogens is 410 g/mol. The first-order chi connectivity index (χ1) is 13.7. The molecule has 0 aromatic heterocycles. The number of nitrogens with zero attached hydrogens (tertiary/aromatic N) is 1. The quantitative estimate of drug-likeness (QED) is 0.185. The predicted molar refractivity (Wildman–Crippen MR) is 122 cm³/mol. The topological polar surface area (TPSA) is 91.8 Å². The number of hydrogen-bond donors (Lipinski definition) is 1. The van der Waals surface area contributed by atoms with Gasteiger partial charge in [0.2, 0.25) is 10.0 Å². The molecule has 0 atom stereocenters. The van der Waals surface area contributed by atoms with Crippen molar-refractivity contribution in [2.75, 3.05) is 25.1 Å². The Labute approximate surface area is 180 Å². The molecule has 6 nitrogen and oxygen atoms in total. The molecule has 0 amide bonds. The predicted octanol–water partition coefficient (Wildman–Crippen LogP) is 5.40. The van der Waals surface area contributed by atoms with Gasteiger partial charge in [-0.05, 0) is 6.42 Å². The molecule has 0 heterocycles. The maximum absolute atomic E-state index is 11.9. The molecule has 29 heavy (non-hydrogen) atoms. The van der Waals surface area contributed by atoms with Crippen LogP contribution in [0.5, 0.6) is 0 Å². The molecule has 0 aliphatic rings. The lowest BCUT2D eigenvalue weighted by Gasteiger charge is -2.16. The van der Waals surface area contributed by atoms with Crippen LogP contribution in [0.4, 0.5) is 0 Å². The van der Waals surface area contributed by atoms with Gasteiger partial charge in [0.1, 0.15) is 0 Å². The van der Waals surface area contributed by atoms with Crippen LogP contribution in [0.2, 0.25) is 0 Å². The van der Waals surface area contributed by atoms with E-state index in [-0.39, 0.29) is 0 Å². The number of hydrogen-bond acceptors (Lipinski definition) is 4. The van der Waals surface area contributed by atoms with Gasteiger partial charge in [-0.25, -0.2) is 12.7 Å². The van der Waals surface area contributed by atoms with Crippen molar-refractivity contribution in [1.29, 1.82) is 0 Å². The fourth-order valence-corrected chi connectivity index (χ4v) is 5.79. The Kier molecular flexibility index (Phi) is 17.4. The van der Waals surface area contributed by atoms with Crippen molar-refractivity contribution in [1.82, 2.24) is 4.31 Å². The van der Waals surface area contributed by atoms with Crippen LogP contribution in [-0.2, 0) is 20.1 Å². The van der Waals surface area contributed by atoms with Gasteiger partial charge >= 0.3 is 0 Å². The van der Waals surface area contributed by atoms with Crippen LogP contribution in [0, 0.1) is 0 Å². The first kappa shape index (κ1) is 28.8. The van der Waals surface area contributed by atoms with E-state index in [0.717, 1.165) is 19.3 Å². The second-order valence-corrected chi connectivity index (χ2v) is 12.0. The van der Waals surface area contributed by atoms with Crippen molar-refractivity contribution in [2.45, 2.75) is 110 Å². The Morgan fingerprint density at radius 1 is 0.586 bits per heavy atom. The number of sulfonamides is 1. The monoisotopic (exact) mass is 455 g/mol. The Morgan fingerprint density at radius 2 is 0.931 bits per heavy atom. The Balaban J connectivity index is 3.44. The standard InChI is InChI=1S/C21H45NO5S2/c1-3-4-5-6-7-8-9-10-11-12-13-14-15-16-17-18-19-22(2)28(23,24)20-21-29(25,26)27/h3-21H2,1-2H3,(H,25,26,27). The van der Waals surface area contributed by atoms with E-state index in [1.54, 1.807) is 0 Å². The molecule has 0 unspecified atom stereocenters. The lowest BCUT2D eigenvalue weighted by atomic mass is 10.0. The van der Waals surface area contributed by atoms with Gasteiger partial charge in [-0.2, -0.15) is 8.42 Å². The summed E-state index contributed by atoms with van der Waals surface area (Å²) in [7, 11) is -6.41. The molecule has 0 rings (SSSR count). The summed E-state index contributed by atoms with van der Waals surface area (Å²) in [6, 6.07) is 0. The third kappa shape index (κ3) is 19.5. The summed E-state index contributed by atoms with van der Waals surface area (Å²) < 4.78 is 55.1. The van der Waals surface area contributed by atoms with Crippen molar-refractivity contribution in [3.05, 3.63) is 0 Å². The lowest BCUT2D eigenvalue weighted by Crippen LogP contribution is -2.32. The van der Waals surface area contributed by atoms with E-state index >= 15 is 0 Å². The van der Waals surface area contributed by atoms with Crippen LogP contribution in [0.15, 0.2) is 0 Å². The average molecular weight is 456 g/mol. The zero-order valence-corrected chi connectivity index (χ0v) is 20.4. The minimum Gasteiger partial charge on any atom is -0.286 e. The third-order valence-electron chi connectivity index (χ3n) is 5.40. The van der Waals surface area contributed by atoms with Gasteiger partial charge in [0, 0.05) is 13.6 Å². The molecule has 176 valence electrons. The summed E-state index contributed by atoms with van der Waals surface area (Å²) in [4.78, 5) is 0. The Hall–Kier alpha value is -0.180. The summed E-state index contributed by atoms with van der Waals surface area (Å²) in [5, 5.41) is 0. The molecule has 0 saturated heterocycles. The normalized spacial score (nSPS) is 12.7. The van der Waals surface area contributed by atoms with E-state index in [1.807, 2.05) is 0 Å². The molecule has 0 bridgehead atoms. The zero-order chi connectivity index (χ0) is 22.0. The molecule has 0 aromatic carbocycles. The highest BCUT2D eigenvalue weighted by molar-refractivity contribution is 7.91. The maximum Gasteiger partial charge on any atom is 0.265 e. The van der Waals surface area contributed by atoms with Crippen molar-refractivity contribution in [3.8, 4) is 0 Å². The minimum absolute atomic E-state index is 0.395. The van der Waals surface area contributed by atoms with Gasteiger partial charge in [0.05, 0.1) is 11.5 Å². The summed E-state index contributed by atoms with van der Waals surface area (Å²) in [6.07, 6.45) is 20.3. The zero-order valence-electron chi connectivity index (χ0n) is 18.8. The molecule has 0 aliphatic carbocycles. The van der Waals surface area contributed by atoms with E-state index in [1.165, 1.54) is 94.8 Å². The minimum atomic E-state index is -4.25. The SMILES string of the molecule is CCCCCCCCCCCCCCCCCCN(C)S(=O)(=O)CCS(=O)(=O)O. The third-order valence-corrected chi connectivity index (χ3v) is 8.23. The van der Waals surface area contributed by atoms with Crippen LogP contribution in [0.3, 0.4) is 0 Å². The van der Waals surface area contributed by atoms with Crippen LogP contribution in [-0.4, -0.2) is 50.8 Å². The first-order valence-corrected chi connectivity index (χ1v) is 14.8. The first-order valence-electron chi connectivity index (χ1n) is 11.6. The summed E-state index contributed by atoms with van der Waals surface area (Å²) >= 11 is 0. The molecule has 0 spiro atoms. The Bertz CT molecular complexity index is 576. The number of unbranched alkanes of at least 4 members (excludes halogenated alkanes) is 15. The van der Waals surface area contributed by atoms with Gasteiger partial charge in [-0.15, -0.1) is 0 Å². The molecule has 8 heteroatoms. The summed E-state index contributed by atoms with van der Waals surface area (Å²) in [6.45, 7) is 2.65. The second-order valence-electron chi connectivity index (χ2n) is 8.23. The van der Waals surface area contributed by atoms with Crippen molar-refractivity contribution in [2.24, 2.45) is 0 Å². The van der Waals surface area contributed by atoms with Gasteiger partial charge < -0.3 is 0 Å². The van der Waals surface area contributed by atoms with Crippen molar-refractivity contribution in [3.63, 3.8) is 0 Å². The molecule has 0 aromatic rings. The lowest BCUT2D eigenvalue weighted by molar-refractivity contribution is 0.446. The molecule has 0 aliphatic heterocycles. The number of rotatable bonds is 21. The molecule has 0 radical (unpaired) electrons. The van der Waals surface area contributed by atoms with E-state index in [2.05, 4.69) is 6.92 Å². The summed E-state index contributed by atoms with van der Waals surface area (Å²) in [5.74, 6) is -1.32. The van der Waals surface area contributed by atoms with Gasteiger partial charge in [0.25, 0.3) is 10.1 Å². The average Bonchev–Trinajstić information content (AvgIpc) is 2.65. The van der Waals surface area contributed by atoms with Crippen molar-refractivity contribution < 1.29 is 21.4 Å². The Morgan fingerprint density at radius 3 is 1.28 bits per heavy atom. The molecule has 0 fully saturated rings. The molecular formula is C21H45NO5S2. The highest BCUT2D eigenvalue weighted by Crippen LogP contribution is 2.14. The fourth-order valence-electron chi connectivity index (χ4n) is 3.39. The molecule has 0 saturated carbocycles. The van der Waals surface area contributed by atoms with E-state index in [4.69, 9.17) is 4.55 Å². The van der Waals surface area contributed by atoms with Gasteiger partial charge in [-0.1, -0.05) is 103 Å². The highest BCUT2D eigenvalue weighted by atomic mass is 32.2. The highest BCUT2D eigenvalue weighted by Gasteiger charge is 2.20. The van der Waals surface area contributed by atoms with Gasteiger partial charge in [0.15, 0.2) is 0 Å². The maximum atomic E-state index is 11.9. The van der Waals surface area contributed by atoms with E-state index < -0.39 is 31.6 Å². The fraction of sp³-hybridized carbons (Fsp3) is 1.00. The van der Waals surface area contributed by atoms with E-state index in [9.17, 15) is 16.8 Å². The van der Waals surface area contributed by atoms with Crippen LogP contribution >= 0.6 is 0 Å². The van der Waals surface area contributed by atoms with E-state index in [0.29, 0.717) is 6.54 Å². The van der Waals surface area contributed by atoms with Crippen molar-refractivity contribution >= 4 is 20.1 Å². The molecule has 1 N–H and O–H groups in total. The van der Waals surface area contributed by atoms with Gasteiger partial charge in [-0.3, -0.25) is 4.55 Å².